The van der Waals surface area contributed by atoms with Gasteiger partial charge < -0.3 is 5.11 Å². The minimum Gasteiger partial charge on any atom is -0.481 e. The molecule has 1 aliphatic rings. The second-order valence-electron chi connectivity index (χ2n) is 3.34. The minimum absolute atomic E-state index is 0.125. The van der Waals surface area contributed by atoms with Crippen molar-refractivity contribution in [3.8, 4) is 0 Å². The van der Waals surface area contributed by atoms with Crippen molar-refractivity contribution in [1.29, 1.82) is 0 Å². The number of carbonyl (C=O) groups excluding carboxylic acids is 1. The van der Waals surface area contributed by atoms with Gasteiger partial charge in [-0.3, -0.25) is 9.59 Å². The van der Waals surface area contributed by atoms with Gasteiger partial charge in [0.25, 0.3) is 0 Å². The van der Waals surface area contributed by atoms with E-state index in [9.17, 15) is 9.59 Å². The van der Waals surface area contributed by atoms with Crippen molar-refractivity contribution in [2.45, 2.75) is 32.6 Å². The van der Waals surface area contributed by atoms with Crippen LogP contribution < -0.4 is 0 Å². The summed E-state index contributed by atoms with van der Waals surface area (Å²) in [7, 11) is 0. The van der Waals surface area contributed by atoms with Crippen LogP contribution in [0, 0.1) is 5.92 Å². The molecule has 0 unspecified atom stereocenters. The van der Waals surface area contributed by atoms with Gasteiger partial charge >= 0.3 is 5.97 Å². The van der Waals surface area contributed by atoms with E-state index in [2.05, 4.69) is 0 Å². The number of carbonyl (C=O) groups is 2. The third kappa shape index (κ3) is 2.41. The van der Waals surface area contributed by atoms with Crippen molar-refractivity contribution in [2.24, 2.45) is 5.92 Å². The minimum atomic E-state index is -0.803. The van der Waals surface area contributed by atoms with Gasteiger partial charge in [0.2, 0.25) is 0 Å². The molecule has 13 heavy (non-hydrogen) atoms. The highest BCUT2D eigenvalue weighted by molar-refractivity contribution is 5.98. The number of aliphatic carboxylic acids is 1. The highest BCUT2D eigenvalue weighted by Crippen LogP contribution is 2.23. The van der Waals surface area contributed by atoms with Crippen molar-refractivity contribution < 1.29 is 14.7 Å². The summed E-state index contributed by atoms with van der Waals surface area (Å²) in [6.45, 7) is 1.83. The summed E-state index contributed by atoms with van der Waals surface area (Å²) in [4.78, 5) is 21.9. The second kappa shape index (κ2) is 4.21. The smallest absolute Gasteiger partial charge is 0.306 e. The van der Waals surface area contributed by atoms with Gasteiger partial charge in [-0.05, 0) is 24.8 Å². The normalized spacial score (nSPS) is 18.5. The Kier molecular flexibility index (Phi) is 3.23. The molecule has 1 atom stereocenters. The van der Waals surface area contributed by atoms with Crippen LogP contribution in [0.15, 0.2) is 11.6 Å². The average Bonchev–Trinajstić information content (AvgIpc) is 2.46. The van der Waals surface area contributed by atoms with Gasteiger partial charge in [-0.15, -0.1) is 0 Å². The summed E-state index contributed by atoms with van der Waals surface area (Å²) >= 11 is 0. The lowest BCUT2D eigenvalue weighted by atomic mass is 9.96. The Bertz CT molecular complexity index is 253. The van der Waals surface area contributed by atoms with Crippen molar-refractivity contribution in [3.05, 3.63) is 11.6 Å². The van der Waals surface area contributed by atoms with E-state index in [4.69, 9.17) is 5.11 Å². The molecule has 0 radical (unpaired) electrons. The first kappa shape index (κ1) is 9.96. The number of carboxylic acids is 1. The van der Waals surface area contributed by atoms with E-state index >= 15 is 0 Å². The second-order valence-corrected chi connectivity index (χ2v) is 3.34. The van der Waals surface area contributed by atoms with Gasteiger partial charge in [-0.25, -0.2) is 0 Å². The molecule has 0 fully saturated rings. The number of ketones is 1. The first-order valence-corrected chi connectivity index (χ1v) is 4.60. The van der Waals surface area contributed by atoms with E-state index in [1.165, 1.54) is 0 Å². The van der Waals surface area contributed by atoms with E-state index in [1.807, 2.05) is 13.0 Å². The van der Waals surface area contributed by atoms with Crippen LogP contribution in [0.3, 0.4) is 0 Å². The first-order valence-electron chi connectivity index (χ1n) is 4.60. The number of Topliss-reactive ketones (excluding diaryl/α,β-unsaturated/α-hetero) is 1. The van der Waals surface area contributed by atoms with Gasteiger partial charge in [-0.1, -0.05) is 13.0 Å². The molecule has 0 bridgehead atoms. The van der Waals surface area contributed by atoms with Crippen LogP contribution in [0.2, 0.25) is 0 Å². The summed E-state index contributed by atoms with van der Waals surface area (Å²) in [5.41, 5.74) is 0.717. The van der Waals surface area contributed by atoms with Crippen LogP contribution in [0.1, 0.15) is 32.6 Å². The third-order valence-corrected chi connectivity index (χ3v) is 2.43. The highest BCUT2D eigenvalue weighted by atomic mass is 16.4. The molecule has 0 aromatic carbocycles. The molecule has 3 heteroatoms. The molecule has 3 nitrogen and oxygen atoms in total. The van der Waals surface area contributed by atoms with Gasteiger partial charge in [0.1, 0.15) is 0 Å². The van der Waals surface area contributed by atoms with E-state index in [0.717, 1.165) is 6.42 Å². The lowest BCUT2D eigenvalue weighted by Gasteiger charge is -2.08. The Morgan fingerprint density at radius 3 is 2.77 bits per heavy atom. The topological polar surface area (TPSA) is 54.4 Å². The highest BCUT2D eigenvalue weighted by Gasteiger charge is 2.22. The van der Waals surface area contributed by atoms with Crippen LogP contribution in [-0.4, -0.2) is 16.9 Å². The number of allylic oxidation sites excluding steroid dienone is 2. The van der Waals surface area contributed by atoms with Gasteiger partial charge in [0.05, 0.1) is 5.92 Å². The van der Waals surface area contributed by atoms with Gasteiger partial charge in [-0.2, -0.15) is 0 Å². The molecular formula is C10H14O3. The fourth-order valence-electron chi connectivity index (χ4n) is 1.52. The van der Waals surface area contributed by atoms with Crippen LogP contribution in [0.25, 0.3) is 0 Å². The Labute approximate surface area is 77.4 Å². The standard InChI is InChI=1S/C10H14O3/c1-2-7(10(12)13)6-8-4-3-5-9(8)11/h4,7H,2-3,5-6H2,1H3,(H,12,13)/t7-/m0/s1. The van der Waals surface area contributed by atoms with Crippen LogP contribution in [-0.2, 0) is 9.59 Å². The molecule has 0 amide bonds. The molecule has 0 aromatic heterocycles. The largest absolute Gasteiger partial charge is 0.481 e. The molecule has 0 heterocycles. The summed E-state index contributed by atoms with van der Waals surface area (Å²) in [5.74, 6) is -1.07. The van der Waals surface area contributed by atoms with Crippen LogP contribution in [0.5, 0.6) is 0 Å². The maximum absolute atomic E-state index is 11.2. The SMILES string of the molecule is CC[C@@H](CC1=CCCC1=O)C(=O)O. The number of hydrogen-bond acceptors (Lipinski definition) is 2. The quantitative estimate of drug-likeness (QED) is 0.721. The molecule has 72 valence electrons. The molecule has 0 aliphatic heterocycles. The monoisotopic (exact) mass is 182 g/mol. The van der Waals surface area contributed by atoms with Crippen molar-refractivity contribution in [1.82, 2.24) is 0 Å². The molecule has 1 aliphatic carbocycles. The van der Waals surface area contributed by atoms with E-state index in [-0.39, 0.29) is 5.78 Å². The van der Waals surface area contributed by atoms with Crippen molar-refractivity contribution >= 4 is 11.8 Å². The first-order chi connectivity index (χ1) is 6.15. The lowest BCUT2D eigenvalue weighted by molar-refractivity contribution is -0.141. The molecule has 0 spiro atoms. The molecule has 0 aromatic rings. The predicted octanol–water partition coefficient (Wildman–Crippen LogP) is 1.78. The van der Waals surface area contributed by atoms with Crippen molar-refractivity contribution in [2.75, 3.05) is 0 Å². The average molecular weight is 182 g/mol. The number of carboxylic acid groups (broad SMARTS) is 1. The Morgan fingerprint density at radius 2 is 2.38 bits per heavy atom. The summed E-state index contributed by atoms with van der Waals surface area (Å²) in [6.07, 6.45) is 4.20. The van der Waals surface area contributed by atoms with Crippen LogP contribution >= 0.6 is 0 Å². The third-order valence-electron chi connectivity index (χ3n) is 2.43. The predicted molar refractivity (Wildman–Crippen MR) is 48.4 cm³/mol. The van der Waals surface area contributed by atoms with Crippen molar-refractivity contribution in [3.63, 3.8) is 0 Å². The molecule has 0 saturated heterocycles. The molecular weight excluding hydrogens is 168 g/mol. The molecule has 1 rings (SSSR count). The maximum Gasteiger partial charge on any atom is 0.306 e. The maximum atomic E-state index is 11.2. The lowest BCUT2D eigenvalue weighted by Crippen LogP contribution is -2.14. The van der Waals surface area contributed by atoms with Gasteiger partial charge in [0, 0.05) is 6.42 Å². The summed E-state index contributed by atoms with van der Waals surface area (Å²) in [5, 5.41) is 8.78. The fraction of sp³-hybridized carbons (Fsp3) is 0.600. The van der Waals surface area contributed by atoms with E-state index < -0.39 is 11.9 Å². The Balaban J connectivity index is 2.56. The molecule has 1 N–H and O–H groups in total. The molecule has 0 saturated carbocycles. The summed E-state index contributed by atoms with van der Waals surface area (Å²) in [6, 6.07) is 0. The van der Waals surface area contributed by atoms with Crippen LogP contribution in [0.4, 0.5) is 0 Å². The zero-order valence-electron chi connectivity index (χ0n) is 7.75. The summed E-state index contributed by atoms with van der Waals surface area (Å²) < 4.78 is 0. The van der Waals surface area contributed by atoms with E-state index in [1.54, 1.807) is 0 Å². The zero-order valence-corrected chi connectivity index (χ0v) is 7.75. The van der Waals surface area contributed by atoms with E-state index in [0.29, 0.717) is 24.8 Å². The number of rotatable bonds is 4. The van der Waals surface area contributed by atoms with Gasteiger partial charge in [0.15, 0.2) is 5.78 Å². The Morgan fingerprint density at radius 1 is 1.69 bits per heavy atom. The number of hydrogen-bond donors (Lipinski definition) is 1. The fourth-order valence-corrected chi connectivity index (χ4v) is 1.52. The Hall–Kier alpha value is -1.12. The zero-order chi connectivity index (χ0) is 9.84.